The maximum Gasteiger partial charge on any atom is -0.0114 e. The molecule has 0 aliphatic carbocycles. The Labute approximate surface area is 136 Å². The van der Waals surface area contributed by atoms with E-state index in [1.54, 1.807) is 0 Å². The predicted molar refractivity (Wildman–Crippen MR) is 98.9 cm³/mol. The van der Waals surface area contributed by atoms with Gasteiger partial charge in [0, 0.05) is 0 Å². The molecule has 0 aliphatic rings. The fraction of sp³-hybridized carbons (Fsp3) is 0.455. The molecule has 0 aliphatic heterocycles. The second-order valence-electron chi connectivity index (χ2n) is 7.41. The van der Waals surface area contributed by atoms with Crippen molar-refractivity contribution in [2.24, 2.45) is 0 Å². The van der Waals surface area contributed by atoms with Crippen molar-refractivity contribution < 1.29 is 0 Å². The fourth-order valence-corrected chi connectivity index (χ4v) is 3.09. The van der Waals surface area contributed by atoms with Gasteiger partial charge in [-0.3, -0.25) is 0 Å². The van der Waals surface area contributed by atoms with E-state index >= 15 is 0 Å². The first-order valence-corrected chi connectivity index (χ1v) is 8.56. The zero-order chi connectivity index (χ0) is 16.4. The zero-order valence-electron chi connectivity index (χ0n) is 15.2. The molecule has 22 heavy (non-hydrogen) atoms. The molecule has 0 spiro atoms. The molecule has 0 N–H and O–H groups in total. The predicted octanol–water partition coefficient (Wildman–Crippen LogP) is 7.03. The first-order valence-electron chi connectivity index (χ1n) is 8.56. The molecule has 0 atom stereocenters. The van der Waals surface area contributed by atoms with Crippen molar-refractivity contribution in [2.75, 3.05) is 0 Å². The standard InChI is InChI=1S/C22H30/c1-14(2)19-12-20(15(3)4)22(21(13-19)16(5)6)18-10-8-9-17(7)11-18/h8-16H,1-7H3. The summed E-state index contributed by atoms with van der Waals surface area (Å²) in [4.78, 5) is 0. The molecular formula is C22H30. The lowest BCUT2D eigenvalue weighted by Crippen LogP contribution is -2.03. The smallest absolute Gasteiger partial charge is 0.0114 e. The Morgan fingerprint density at radius 2 is 1.23 bits per heavy atom. The zero-order valence-corrected chi connectivity index (χ0v) is 15.2. The maximum absolute atomic E-state index is 2.43. The lowest BCUT2D eigenvalue weighted by molar-refractivity contribution is 0.807. The van der Waals surface area contributed by atoms with Gasteiger partial charge < -0.3 is 0 Å². The topological polar surface area (TPSA) is 0 Å². The molecule has 0 nitrogen and oxygen atoms in total. The van der Waals surface area contributed by atoms with E-state index in [1.165, 1.54) is 33.4 Å². The molecule has 0 saturated heterocycles. The lowest BCUT2D eigenvalue weighted by Gasteiger charge is -2.23. The summed E-state index contributed by atoms with van der Waals surface area (Å²) in [5.74, 6) is 1.64. The van der Waals surface area contributed by atoms with Crippen LogP contribution >= 0.6 is 0 Å². The third-order valence-corrected chi connectivity index (χ3v) is 4.44. The van der Waals surface area contributed by atoms with Gasteiger partial charge in [-0.25, -0.2) is 0 Å². The van der Waals surface area contributed by atoms with E-state index in [0.29, 0.717) is 17.8 Å². The summed E-state index contributed by atoms with van der Waals surface area (Å²) in [5, 5.41) is 0. The molecule has 2 aromatic carbocycles. The van der Waals surface area contributed by atoms with E-state index in [0.717, 1.165) is 0 Å². The van der Waals surface area contributed by atoms with Crippen molar-refractivity contribution in [1.29, 1.82) is 0 Å². The minimum atomic E-state index is 0.534. The van der Waals surface area contributed by atoms with Gasteiger partial charge >= 0.3 is 0 Å². The average Bonchev–Trinajstić information content (AvgIpc) is 2.45. The molecule has 0 saturated carbocycles. The molecule has 2 rings (SSSR count). The summed E-state index contributed by atoms with van der Waals surface area (Å²) < 4.78 is 0. The summed E-state index contributed by atoms with van der Waals surface area (Å²) in [5.41, 5.74) is 8.58. The van der Waals surface area contributed by atoms with E-state index in [1.807, 2.05) is 0 Å². The summed E-state index contributed by atoms with van der Waals surface area (Å²) in [6, 6.07) is 13.8. The summed E-state index contributed by atoms with van der Waals surface area (Å²) in [7, 11) is 0. The molecular weight excluding hydrogens is 264 g/mol. The normalized spacial score (nSPS) is 11.7. The number of hydrogen-bond acceptors (Lipinski definition) is 0. The highest BCUT2D eigenvalue weighted by atomic mass is 14.2. The SMILES string of the molecule is Cc1cccc(-c2c(C(C)C)cc(C(C)C)cc2C(C)C)c1. The Balaban J connectivity index is 2.79. The molecule has 0 aromatic heterocycles. The van der Waals surface area contributed by atoms with E-state index in [9.17, 15) is 0 Å². The largest absolute Gasteiger partial charge is 0.0614 e. The van der Waals surface area contributed by atoms with Crippen LogP contribution in [0.15, 0.2) is 36.4 Å². The van der Waals surface area contributed by atoms with Crippen molar-refractivity contribution in [2.45, 2.75) is 66.2 Å². The van der Waals surface area contributed by atoms with Gasteiger partial charge in [0.25, 0.3) is 0 Å². The Bertz CT molecular complexity index is 616. The van der Waals surface area contributed by atoms with Gasteiger partial charge in [-0.1, -0.05) is 83.5 Å². The van der Waals surface area contributed by atoms with Gasteiger partial charge in [-0.05, 0) is 52.5 Å². The molecule has 0 radical (unpaired) electrons. The monoisotopic (exact) mass is 294 g/mol. The van der Waals surface area contributed by atoms with Crippen LogP contribution in [0.3, 0.4) is 0 Å². The van der Waals surface area contributed by atoms with Gasteiger partial charge in [0.05, 0.1) is 0 Å². The molecule has 0 amide bonds. The molecule has 0 heteroatoms. The van der Waals surface area contributed by atoms with E-state index in [4.69, 9.17) is 0 Å². The Morgan fingerprint density at radius 3 is 1.64 bits per heavy atom. The van der Waals surface area contributed by atoms with Crippen LogP contribution in [0.1, 0.15) is 81.5 Å². The number of benzene rings is 2. The number of rotatable bonds is 4. The highest BCUT2D eigenvalue weighted by Gasteiger charge is 2.18. The summed E-state index contributed by atoms with van der Waals surface area (Å²) in [6.45, 7) is 16.0. The maximum atomic E-state index is 2.43. The highest BCUT2D eigenvalue weighted by Crippen LogP contribution is 2.38. The molecule has 0 bridgehead atoms. The quantitative estimate of drug-likeness (QED) is 0.567. The van der Waals surface area contributed by atoms with Crippen LogP contribution in [-0.2, 0) is 0 Å². The Morgan fingerprint density at radius 1 is 0.682 bits per heavy atom. The molecule has 118 valence electrons. The van der Waals surface area contributed by atoms with E-state index < -0.39 is 0 Å². The third-order valence-electron chi connectivity index (χ3n) is 4.44. The summed E-state index contributed by atoms with van der Waals surface area (Å²) >= 11 is 0. The first-order chi connectivity index (χ1) is 10.3. The van der Waals surface area contributed by atoms with E-state index in [2.05, 4.69) is 84.9 Å². The Kier molecular flexibility index (Phi) is 5.11. The first kappa shape index (κ1) is 16.8. The van der Waals surface area contributed by atoms with Crippen LogP contribution in [-0.4, -0.2) is 0 Å². The van der Waals surface area contributed by atoms with Gasteiger partial charge in [-0.15, -0.1) is 0 Å². The van der Waals surface area contributed by atoms with Crippen LogP contribution in [0.4, 0.5) is 0 Å². The average molecular weight is 294 g/mol. The van der Waals surface area contributed by atoms with E-state index in [-0.39, 0.29) is 0 Å². The van der Waals surface area contributed by atoms with Crippen LogP contribution < -0.4 is 0 Å². The summed E-state index contributed by atoms with van der Waals surface area (Å²) in [6.07, 6.45) is 0. The lowest BCUT2D eigenvalue weighted by atomic mass is 9.81. The van der Waals surface area contributed by atoms with Gasteiger partial charge in [0.15, 0.2) is 0 Å². The van der Waals surface area contributed by atoms with Crippen molar-refractivity contribution in [3.63, 3.8) is 0 Å². The van der Waals surface area contributed by atoms with Crippen molar-refractivity contribution >= 4 is 0 Å². The van der Waals surface area contributed by atoms with Crippen LogP contribution in [0.25, 0.3) is 11.1 Å². The molecule has 0 heterocycles. The van der Waals surface area contributed by atoms with Gasteiger partial charge in [-0.2, -0.15) is 0 Å². The van der Waals surface area contributed by atoms with Crippen molar-refractivity contribution in [3.8, 4) is 11.1 Å². The van der Waals surface area contributed by atoms with Crippen molar-refractivity contribution in [3.05, 3.63) is 58.7 Å². The van der Waals surface area contributed by atoms with Gasteiger partial charge in [0.2, 0.25) is 0 Å². The second-order valence-corrected chi connectivity index (χ2v) is 7.41. The second kappa shape index (κ2) is 6.69. The molecule has 2 aromatic rings. The Hall–Kier alpha value is -1.56. The third kappa shape index (κ3) is 3.43. The van der Waals surface area contributed by atoms with Crippen LogP contribution in [0.5, 0.6) is 0 Å². The molecule has 0 fully saturated rings. The highest BCUT2D eigenvalue weighted by molar-refractivity contribution is 5.73. The number of aryl methyl sites for hydroxylation is 1. The minimum Gasteiger partial charge on any atom is -0.0614 e. The van der Waals surface area contributed by atoms with Gasteiger partial charge in [0.1, 0.15) is 0 Å². The van der Waals surface area contributed by atoms with Crippen LogP contribution in [0.2, 0.25) is 0 Å². The van der Waals surface area contributed by atoms with Crippen molar-refractivity contribution in [1.82, 2.24) is 0 Å². The number of hydrogen-bond donors (Lipinski definition) is 0. The molecule has 0 unspecified atom stereocenters. The fourth-order valence-electron chi connectivity index (χ4n) is 3.09. The van der Waals surface area contributed by atoms with Crippen LogP contribution in [0, 0.1) is 6.92 Å². The minimum absolute atomic E-state index is 0.534.